The van der Waals surface area contributed by atoms with Crippen molar-refractivity contribution in [1.82, 2.24) is 9.78 Å². The Morgan fingerprint density at radius 1 is 1.00 bits per heavy atom. The van der Waals surface area contributed by atoms with Gasteiger partial charge in [0.2, 0.25) is 5.88 Å². The van der Waals surface area contributed by atoms with E-state index in [1.165, 1.54) is 25.0 Å². The molecule has 0 atom stereocenters. The summed E-state index contributed by atoms with van der Waals surface area (Å²) in [6.07, 6.45) is -0.0328. The van der Waals surface area contributed by atoms with Crippen molar-refractivity contribution in [1.29, 1.82) is 0 Å². The maximum atomic E-state index is 13.1. The molecule has 1 aromatic heterocycles. The lowest BCUT2D eigenvalue weighted by atomic mass is 10.1. The maximum absolute atomic E-state index is 13.1. The van der Waals surface area contributed by atoms with Crippen LogP contribution in [0.2, 0.25) is 0 Å². The summed E-state index contributed by atoms with van der Waals surface area (Å²) >= 11 is 1.13. The number of aryl methyl sites for hydroxylation is 1. The van der Waals surface area contributed by atoms with Crippen molar-refractivity contribution in [3.63, 3.8) is 0 Å². The number of carbonyl (C=O) groups excluding carboxylic acids is 1. The van der Waals surface area contributed by atoms with Crippen LogP contribution in [-0.2, 0) is 11.2 Å². The first-order valence-corrected chi connectivity index (χ1v) is 11.7. The highest BCUT2D eigenvalue weighted by Crippen LogP contribution is 2.42. The third-order valence-corrected chi connectivity index (χ3v) is 6.49. The lowest BCUT2D eigenvalue weighted by molar-refractivity contribution is -0.387. The highest BCUT2D eigenvalue weighted by molar-refractivity contribution is 7.99. The fraction of sp³-hybridized carbons (Fsp3) is 0.154. The average molecular weight is 506 g/mol. The normalized spacial score (nSPS) is 10.6. The van der Waals surface area contributed by atoms with Crippen LogP contribution < -0.4 is 14.2 Å². The minimum atomic E-state index is -0.524. The lowest BCUT2D eigenvalue weighted by Gasteiger charge is -2.12. The number of ether oxygens (including phenoxy) is 3. The molecule has 36 heavy (non-hydrogen) atoms. The molecule has 4 rings (SSSR count). The largest absolute Gasteiger partial charge is 0.493 e. The van der Waals surface area contributed by atoms with Gasteiger partial charge in [-0.05, 0) is 42.8 Å². The van der Waals surface area contributed by atoms with Gasteiger partial charge in [-0.1, -0.05) is 48.2 Å². The zero-order valence-electron chi connectivity index (χ0n) is 19.8. The molecule has 0 amide bonds. The molecule has 0 unspecified atom stereocenters. The number of methoxy groups -OCH3 is 2. The van der Waals surface area contributed by atoms with Crippen molar-refractivity contribution in [2.45, 2.75) is 23.1 Å². The van der Waals surface area contributed by atoms with Crippen LogP contribution in [0.1, 0.15) is 11.3 Å². The number of hydrogen-bond donors (Lipinski definition) is 0. The number of carbonyl (C=O) groups is 1. The Kier molecular flexibility index (Phi) is 7.55. The van der Waals surface area contributed by atoms with E-state index in [4.69, 9.17) is 14.2 Å². The van der Waals surface area contributed by atoms with E-state index in [9.17, 15) is 14.9 Å². The average Bonchev–Trinajstić information content (AvgIpc) is 3.19. The summed E-state index contributed by atoms with van der Waals surface area (Å²) in [4.78, 5) is 25.1. The molecule has 0 aliphatic rings. The third kappa shape index (κ3) is 5.33. The molecule has 0 fully saturated rings. The van der Waals surface area contributed by atoms with Gasteiger partial charge >= 0.3 is 5.97 Å². The Bertz CT molecular complexity index is 1400. The van der Waals surface area contributed by atoms with E-state index in [0.29, 0.717) is 38.2 Å². The second-order valence-electron chi connectivity index (χ2n) is 7.63. The molecule has 0 spiro atoms. The van der Waals surface area contributed by atoms with Gasteiger partial charge in [0, 0.05) is 6.07 Å². The van der Waals surface area contributed by atoms with Crippen LogP contribution in [0.4, 0.5) is 5.69 Å². The monoisotopic (exact) mass is 505 g/mol. The molecule has 0 aliphatic heterocycles. The molecule has 0 saturated heterocycles. The molecular formula is C26H23N3O6S. The topological polar surface area (TPSA) is 106 Å². The summed E-state index contributed by atoms with van der Waals surface area (Å²) in [5.41, 5.74) is 1.88. The summed E-state index contributed by atoms with van der Waals surface area (Å²) in [6, 6.07) is 20.8. The van der Waals surface area contributed by atoms with E-state index < -0.39 is 10.9 Å². The highest BCUT2D eigenvalue weighted by atomic mass is 32.2. The van der Waals surface area contributed by atoms with Gasteiger partial charge in [0.1, 0.15) is 0 Å². The number of aromatic nitrogens is 2. The van der Waals surface area contributed by atoms with E-state index in [-0.39, 0.29) is 18.0 Å². The van der Waals surface area contributed by atoms with E-state index in [1.807, 2.05) is 30.3 Å². The van der Waals surface area contributed by atoms with Crippen molar-refractivity contribution in [2.75, 3.05) is 14.2 Å². The molecule has 4 aromatic rings. The Morgan fingerprint density at radius 3 is 2.39 bits per heavy atom. The quantitative estimate of drug-likeness (QED) is 0.169. The molecule has 0 radical (unpaired) electrons. The zero-order chi connectivity index (χ0) is 25.7. The third-order valence-electron chi connectivity index (χ3n) is 5.25. The Labute approximate surface area is 211 Å². The number of nitro groups is 1. The summed E-state index contributed by atoms with van der Waals surface area (Å²) in [6.45, 7) is 1.77. The van der Waals surface area contributed by atoms with Crippen molar-refractivity contribution >= 4 is 23.4 Å². The fourth-order valence-electron chi connectivity index (χ4n) is 3.55. The first-order valence-electron chi connectivity index (χ1n) is 10.9. The predicted molar refractivity (Wildman–Crippen MR) is 134 cm³/mol. The number of nitro benzene ring substituents is 1. The van der Waals surface area contributed by atoms with Crippen molar-refractivity contribution in [3.8, 4) is 23.1 Å². The van der Waals surface area contributed by atoms with Crippen LogP contribution in [0.5, 0.6) is 17.4 Å². The number of benzene rings is 3. The fourth-order valence-corrected chi connectivity index (χ4v) is 4.57. The van der Waals surface area contributed by atoms with E-state index >= 15 is 0 Å². The number of hydrogen-bond acceptors (Lipinski definition) is 8. The van der Waals surface area contributed by atoms with Crippen molar-refractivity contribution < 1.29 is 23.9 Å². The second kappa shape index (κ2) is 11.0. The molecule has 0 N–H and O–H groups in total. The van der Waals surface area contributed by atoms with Crippen molar-refractivity contribution in [3.05, 3.63) is 94.2 Å². The Morgan fingerprint density at radius 2 is 1.69 bits per heavy atom. The molecule has 0 aliphatic carbocycles. The minimum Gasteiger partial charge on any atom is -0.493 e. The molecule has 1 heterocycles. The number of rotatable bonds is 9. The molecule has 184 valence electrons. The van der Waals surface area contributed by atoms with Crippen LogP contribution in [0.25, 0.3) is 5.69 Å². The van der Waals surface area contributed by atoms with E-state index in [1.54, 1.807) is 43.3 Å². The van der Waals surface area contributed by atoms with Crippen molar-refractivity contribution in [2.24, 2.45) is 0 Å². The van der Waals surface area contributed by atoms with Crippen LogP contribution in [0.15, 0.2) is 82.6 Å². The summed E-state index contributed by atoms with van der Waals surface area (Å²) in [7, 11) is 3.06. The first-order chi connectivity index (χ1) is 17.4. The molecule has 0 bridgehead atoms. The molecule has 3 aromatic carbocycles. The van der Waals surface area contributed by atoms with Crippen LogP contribution >= 0.6 is 11.8 Å². The standard InChI is InChI=1S/C26H23N3O6S/c1-17-25(36-23-12-8-7-11-20(23)29(31)32)26(28(27-17)19-9-5-4-6-10-19)35-24(30)16-18-13-14-21(33-2)22(15-18)34-3/h4-15H,16H2,1-3H3. The molecular weight excluding hydrogens is 482 g/mol. The number of esters is 1. The van der Waals surface area contributed by atoms with Crippen LogP contribution in [0, 0.1) is 17.0 Å². The first kappa shape index (κ1) is 24.8. The summed E-state index contributed by atoms with van der Waals surface area (Å²) in [5.74, 6) is 0.715. The van der Waals surface area contributed by atoms with Gasteiger partial charge in [-0.25, -0.2) is 0 Å². The van der Waals surface area contributed by atoms with Gasteiger partial charge in [-0.3, -0.25) is 14.9 Å². The van der Waals surface area contributed by atoms with Gasteiger partial charge in [-0.15, -0.1) is 0 Å². The SMILES string of the molecule is COc1ccc(CC(=O)Oc2c(Sc3ccccc3[N+](=O)[O-])c(C)nn2-c2ccccc2)cc1OC. The van der Waals surface area contributed by atoms with Gasteiger partial charge in [0.25, 0.3) is 5.69 Å². The van der Waals surface area contributed by atoms with Gasteiger partial charge in [-0.2, -0.15) is 9.78 Å². The summed E-state index contributed by atoms with van der Waals surface area (Å²) < 4.78 is 18.0. The zero-order valence-corrected chi connectivity index (χ0v) is 20.7. The number of para-hydroxylation sites is 2. The minimum absolute atomic E-state index is 0.0328. The van der Waals surface area contributed by atoms with Crippen LogP contribution in [-0.4, -0.2) is 34.9 Å². The second-order valence-corrected chi connectivity index (χ2v) is 8.69. The van der Waals surface area contributed by atoms with E-state index in [0.717, 1.165) is 11.8 Å². The van der Waals surface area contributed by atoms with Gasteiger partial charge < -0.3 is 14.2 Å². The van der Waals surface area contributed by atoms with Gasteiger partial charge in [0.15, 0.2) is 11.5 Å². The maximum Gasteiger partial charge on any atom is 0.317 e. The predicted octanol–water partition coefficient (Wildman–Crippen LogP) is 5.41. The highest BCUT2D eigenvalue weighted by Gasteiger charge is 2.25. The lowest BCUT2D eigenvalue weighted by Crippen LogP contribution is -2.14. The molecule has 0 saturated carbocycles. The Hall–Kier alpha value is -4.31. The molecule has 10 heteroatoms. The number of nitrogens with zero attached hydrogens (tertiary/aromatic N) is 3. The van der Waals surface area contributed by atoms with Gasteiger partial charge in [0.05, 0.1) is 46.7 Å². The summed E-state index contributed by atoms with van der Waals surface area (Å²) in [5, 5.41) is 16.1. The molecule has 9 nitrogen and oxygen atoms in total. The van der Waals surface area contributed by atoms with Crippen LogP contribution in [0.3, 0.4) is 0 Å². The van der Waals surface area contributed by atoms with E-state index in [2.05, 4.69) is 5.10 Å². The Balaban J connectivity index is 1.70. The smallest absolute Gasteiger partial charge is 0.317 e.